The Kier molecular flexibility index (Phi) is 1.42. The molecule has 1 aromatic heterocycles. The second-order valence-electron chi connectivity index (χ2n) is 2.92. The van der Waals surface area contributed by atoms with Crippen LogP contribution in [0.15, 0.2) is 0 Å². The predicted octanol–water partition coefficient (Wildman–Crippen LogP) is 0.251. The third-order valence-electron chi connectivity index (χ3n) is 1.97. The molecule has 1 N–H and O–H groups in total. The number of aryl methyl sites for hydroxylation is 1. The van der Waals surface area contributed by atoms with Crippen LogP contribution in [0.3, 0.4) is 0 Å². The summed E-state index contributed by atoms with van der Waals surface area (Å²) in [4.78, 5) is 4.32. The second kappa shape index (κ2) is 2.30. The molecule has 1 aliphatic rings. The number of fused-ring (bicyclic) bond motifs is 1. The maximum atomic E-state index is 4.32. The Morgan fingerprint density at radius 2 is 2.45 bits per heavy atom. The normalized spacial score (nSPS) is 23.3. The van der Waals surface area contributed by atoms with E-state index >= 15 is 0 Å². The van der Waals surface area contributed by atoms with Crippen molar-refractivity contribution in [2.75, 3.05) is 6.54 Å². The van der Waals surface area contributed by atoms with Crippen LogP contribution in [0.5, 0.6) is 0 Å². The van der Waals surface area contributed by atoms with Gasteiger partial charge in [-0.1, -0.05) is 0 Å². The fourth-order valence-electron chi connectivity index (χ4n) is 1.43. The standard InChI is InChI=1S/C7H12N4/c1-5-7-9-6(2)10-11(7)4-3-8-5/h5,8H,3-4H2,1-2H3/t5-/m0/s1. The molecule has 1 aliphatic heterocycles. The van der Waals surface area contributed by atoms with Gasteiger partial charge in [0.2, 0.25) is 0 Å². The van der Waals surface area contributed by atoms with Crippen LogP contribution in [0.2, 0.25) is 0 Å². The second-order valence-corrected chi connectivity index (χ2v) is 2.92. The number of hydrogen-bond acceptors (Lipinski definition) is 3. The summed E-state index contributed by atoms with van der Waals surface area (Å²) in [5, 5.41) is 7.60. The van der Waals surface area contributed by atoms with Gasteiger partial charge in [-0.2, -0.15) is 5.10 Å². The largest absolute Gasteiger partial charge is 0.306 e. The minimum absolute atomic E-state index is 0.352. The van der Waals surface area contributed by atoms with Crippen LogP contribution < -0.4 is 5.32 Å². The van der Waals surface area contributed by atoms with E-state index in [-0.39, 0.29) is 0 Å². The molecule has 11 heavy (non-hydrogen) atoms. The molecule has 2 heterocycles. The summed E-state index contributed by atoms with van der Waals surface area (Å²) in [6, 6.07) is 0.352. The van der Waals surface area contributed by atoms with Crippen molar-refractivity contribution in [3.63, 3.8) is 0 Å². The molecule has 0 saturated carbocycles. The Balaban J connectivity index is 2.43. The van der Waals surface area contributed by atoms with Crippen LogP contribution >= 0.6 is 0 Å². The molecule has 0 aromatic carbocycles. The Bertz CT molecular complexity index is 265. The maximum Gasteiger partial charge on any atom is 0.147 e. The van der Waals surface area contributed by atoms with Crippen molar-refractivity contribution in [3.8, 4) is 0 Å². The van der Waals surface area contributed by atoms with E-state index in [0.717, 1.165) is 24.7 Å². The van der Waals surface area contributed by atoms with Crippen molar-refractivity contribution in [1.29, 1.82) is 0 Å². The fraction of sp³-hybridized carbons (Fsp3) is 0.714. The maximum absolute atomic E-state index is 4.32. The zero-order chi connectivity index (χ0) is 7.84. The molecular formula is C7H12N4. The van der Waals surface area contributed by atoms with Gasteiger partial charge in [0.05, 0.1) is 12.6 Å². The van der Waals surface area contributed by atoms with Crippen molar-refractivity contribution in [3.05, 3.63) is 11.6 Å². The van der Waals surface area contributed by atoms with E-state index in [1.807, 2.05) is 11.6 Å². The van der Waals surface area contributed by atoms with E-state index < -0.39 is 0 Å². The summed E-state index contributed by atoms with van der Waals surface area (Å²) in [6.07, 6.45) is 0. The molecule has 4 nitrogen and oxygen atoms in total. The van der Waals surface area contributed by atoms with Crippen molar-refractivity contribution in [2.24, 2.45) is 0 Å². The molecule has 0 fully saturated rings. The summed E-state index contributed by atoms with van der Waals surface area (Å²) >= 11 is 0. The van der Waals surface area contributed by atoms with E-state index in [0.29, 0.717) is 6.04 Å². The van der Waals surface area contributed by atoms with Gasteiger partial charge in [0.25, 0.3) is 0 Å². The number of rotatable bonds is 0. The van der Waals surface area contributed by atoms with E-state index in [4.69, 9.17) is 0 Å². The van der Waals surface area contributed by atoms with E-state index in [9.17, 15) is 0 Å². The van der Waals surface area contributed by atoms with Crippen LogP contribution in [0.25, 0.3) is 0 Å². The molecule has 0 amide bonds. The first-order valence-corrected chi connectivity index (χ1v) is 3.92. The number of nitrogens with zero attached hydrogens (tertiary/aromatic N) is 3. The molecule has 4 heteroatoms. The van der Waals surface area contributed by atoms with E-state index in [2.05, 4.69) is 22.3 Å². The molecule has 1 aromatic rings. The molecule has 1 atom stereocenters. The van der Waals surface area contributed by atoms with E-state index in [1.165, 1.54) is 0 Å². The monoisotopic (exact) mass is 152 g/mol. The highest BCUT2D eigenvalue weighted by Gasteiger charge is 2.17. The minimum Gasteiger partial charge on any atom is -0.306 e. The van der Waals surface area contributed by atoms with Gasteiger partial charge in [0.1, 0.15) is 11.6 Å². The molecule has 0 saturated heterocycles. The highest BCUT2D eigenvalue weighted by Crippen LogP contribution is 2.12. The Labute approximate surface area is 65.6 Å². The van der Waals surface area contributed by atoms with E-state index in [1.54, 1.807) is 0 Å². The lowest BCUT2D eigenvalue weighted by molar-refractivity contribution is 0.411. The van der Waals surface area contributed by atoms with Gasteiger partial charge < -0.3 is 5.32 Å². The van der Waals surface area contributed by atoms with Crippen molar-refractivity contribution in [1.82, 2.24) is 20.1 Å². The first kappa shape index (κ1) is 6.79. The smallest absolute Gasteiger partial charge is 0.147 e. The first-order valence-electron chi connectivity index (χ1n) is 3.92. The predicted molar refractivity (Wildman–Crippen MR) is 41.2 cm³/mol. The highest BCUT2D eigenvalue weighted by molar-refractivity contribution is 4.99. The van der Waals surface area contributed by atoms with Crippen molar-refractivity contribution in [2.45, 2.75) is 26.4 Å². The zero-order valence-corrected chi connectivity index (χ0v) is 6.83. The summed E-state index contributed by atoms with van der Waals surface area (Å²) in [5.74, 6) is 1.93. The molecule has 2 rings (SSSR count). The van der Waals surface area contributed by atoms with Gasteiger partial charge in [-0.3, -0.25) is 0 Å². The summed E-state index contributed by atoms with van der Waals surface area (Å²) in [6.45, 7) is 5.98. The molecule has 0 spiro atoms. The van der Waals surface area contributed by atoms with Gasteiger partial charge in [-0.15, -0.1) is 0 Å². The minimum atomic E-state index is 0.352. The third-order valence-corrected chi connectivity index (χ3v) is 1.97. The lowest BCUT2D eigenvalue weighted by Gasteiger charge is -2.19. The molecular weight excluding hydrogens is 140 g/mol. The van der Waals surface area contributed by atoms with Crippen LogP contribution in [-0.4, -0.2) is 21.3 Å². The SMILES string of the molecule is Cc1nc2n(n1)CCN[C@H]2C. The third kappa shape index (κ3) is 1.03. The Hall–Kier alpha value is -0.900. The number of hydrogen-bond donors (Lipinski definition) is 1. The number of aromatic nitrogens is 3. The lowest BCUT2D eigenvalue weighted by atomic mass is 10.3. The Morgan fingerprint density at radius 1 is 1.64 bits per heavy atom. The van der Waals surface area contributed by atoms with Crippen LogP contribution in [0.1, 0.15) is 24.6 Å². The highest BCUT2D eigenvalue weighted by atomic mass is 15.4. The van der Waals surface area contributed by atoms with Gasteiger partial charge in [-0.25, -0.2) is 9.67 Å². The van der Waals surface area contributed by atoms with Crippen molar-refractivity contribution >= 4 is 0 Å². The van der Waals surface area contributed by atoms with Crippen LogP contribution in [0, 0.1) is 6.92 Å². The Morgan fingerprint density at radius 3 is 3.18 bits per heavy atom. The fourth-order valence-corrected chi connectivity index (χ4v) is 1.43. The summed E-state index contributed by atoms with van der Waals surface area (Å²) in [7, 11) is 0. The summed E-state index contributed by atoms with van der Waals surface area (Å²) < 4.78 is 1.98. The molecule has 0 radical (unpaired) electrons. The van der Waals surface area contributed by atoms with Gasteiger partial charge in [0.15, 0.2) is 0 Å². The molecule has 0 aliphatic carbocycles. The van der Waals surface area contributed by atoms with Gasteiger partial charge in [0, 0.05) is 6.54 Å². The molecule has 0 unspecified atom stereocenters. The molecule has 60 valence electrons. The first-order chi connectivity index (χ1) is 5.27. The average molecular weight is 152 g/mol. The topological polar surface area (TPSA) is 42.7 Å². The van der Waals surface area contributed by atoms with Crippen LogP contribution in [-0.2, 0) is 6.54 Å². The average Bonchev–Trinajstić information content (AvgIpc) is 2.31. The summed E-state index contributed by atoms with van der Waals surface area (Å²) in [5.41, 5.74) is 0. The zero-order valence-electron chi connectivity index (χ0n) is 6.83. The van der Waals surface area contributed by atoms with Gasteiger partial charge >= 0.3 is 0 Å². The quantitative estimate of drug-likeness (QED) is 0.579. The van der Waals surface area contributed by atoms with Crippen LogP contribution in [0.4, 0.5) is 0 Å². The lowest BCUT2D eigenvalue weighted by Crippen LogP contribution is -2.32. The van der Waals surface area contributed by atoms with Crippen molar-refractivity contribution < 1.29 is 0 Å². The van der Waals surface area contributed by atoms with Gasteiger partial charge in [-0.05, 0) is 13.8 Å². The number of nitrogens with one attached hydrogen (secondary N) is 1. The molecule has 0 bridgehead atoms.